The SMILES string of the molecule is CCn1c(C)cc2cc(NC(=O)Cn3cccc3)ccc21. The molecule has 0 aliphatic carbocycles. The van der Waals surface area contributed by atoms with Gasteiger partial charge in [0.1, 0.15) is 6.54 Å². The van der Waals surface area contributed by atoms with E-state index in [1.807, 2.05) is 41.2 Å². The lowest BCUT2D eigenvalue weighted by molar-refractivity contribution is -0.116. The number of nitrogens with zero attached hydrogens (tertiary/aromatic N) is 2. The summed E-state index contributed by atoms with van der Waals surface area (Å²) in [4.78, 5) is 12.0. The number of benzene rings is 1. The first kappa shape index (κ1) is 13.5. The third-order valence-electron chi connectivity index (χ3n) is 3.70. The van der Waals surface area contributed by atoms with Crippen LogP contribution in [-0.4, -0.2) is 15.0 Å². The van der Waals surface area contributed by atoms with Crippen molar-refractivity contribution in [3.05, 3.63) is 54.5 Å². The van der Waals surface area contributed by atoms with Crippen LogP contribution < -0.4 is 5.32 Å². The summed E-state index contributed by atoms with van der Waals surface area (Å²) in [6.07, 6.45) is 3.76. The van der Waals surface area contributed by atoms with E-state index in [1.54, 1.807) is 0 Å². The Hall–Kier alpha value is -2.49. The quantitative estimate of drug-likeness (QED) is 0.782. The van der Waals surface area contributed by atoms with Gasteiger partial charge in [-0.1, -0.05) is 0 Å². The highest BCUT2D eigenvalue weighted by Gasteiger charge is 2.07. The van der Waals surface area contributed by atoms with Crippen molar-refractivity contribution in [3.63, 3.8) is 0 Å². The van der Waals surface area contributed by atoms with Crippen molar-refractivity contribution in [1.82, 2.24) is 9.13 Å². The second-order valence-electron chi connectivity index (χ2n) is 5.21. The summed E-state index contributed by atoms with van der Waals surface area (Å²) in [6.45, 7) is 5.53. The second kappa shape index (κ2) is 5.48. The van der Waals surface area contributed by atoms with Crippen LogP contribution in [0, 0.1) is 6.92 Å². The van der Waals surface area contributed by atoms with Crippen LogP contribution >= 0.6 is 0 Å². The molecular weight excluding hydrogens is 262 g/mol. The molecule has 1 N–H and O–H groups in total. The third-order valence-corrected chi connectivity index (χ3v) is 3.70. The molecule has 0 saturated carbocycles. The molecule has 1 aromatic carbocycles. The Morgan fingerprint density at radius 3 is 2.67 bits per heavy atom. The zero-order valence-electron chi connectivity index (χ0n) is 12.3. The van der Waals surface area contributed by atoms with Crippen molar-refractivity contribution in [3.8, 4) is 0 Å². The normalized spacial score (nSPS) is 11.0. The van der Waals surface area contributed by atoms with E-state index in [-0.39, 0.29) is 5.91 Å². The molecule has 1 amide bonds. The summed E-state index contributed by atoms with van der Waals surface area (Å²) in [7, 11) is 0. The topological polar surface area (TPSA) is 39.0 Å². The van der Waals surface area contributed by atoms with E-state index in [2.05, 4.69) is 35.9 Å². The number of amides is 1. The number of aryl methyl sites for hydroxylation is 2. The maximum absolute atomic E-state index is 12.0. The van der Waals surface area contributed by atoms with Crippen LogP contribution in [-0.2, 0) is 17.9 Å². The van der Waals surface area contributed by atoms with Crippen LogP contribution in [0.3, 0.4) is 0 Å². The lowest BCUT2D eigenvalue weighted by Crippen LogP contribution is -2.17. The molecule has 3 aromatic rings. The Morgan fingerprint density at radius 1 is 1.19 bits per heavy atom. The Balaban J connectivity index is 1.80. The van der Waals surface area contributed by atoms with Crippen LogP contribution in [0.1, 0.15) is 12.6 Å². The highest BCUT2D eigenvalue weighted by Crippen LogP contribution is 2.23. The molecule has 108 valence electrons. The van der Waals surface area contributed by atoms with Crippen molar-refractivity contribution in [2.75, 3.05) is 5.32 Å². The summed E-state index contributed by atoms with van der Waals surface area (Å²) in [6, 6.07) is 12.0. The molecule has 2 heterocycles. The largest absolute Gasteiger partial charge is 0.345 e. The van der Waals surface area contributed by atoms with Crippen LogP contribution in [0.15, 0.2) is 48.8 Å². The first-order valence-corrected chi connectivity index (χ1v) is 7.18. The van der Waals surface area contributed by atoms with E-state index in [0.717, 1.165) is 17.6 Å². The highest BCUT2D eigenvalue weighted by atomic mass is 16.1. The predicted molar refractivity (Wildman–Crippen MR) is 85.4 cm³/mol. The number of carbonyl (C=O) groups excluding carboxylic acids is 1. The Bertz CT molecular complexity index is 769. The molecule has 0 spiro atoms. The fraction of sp³-hybridized carbons (Fsp3) is 0.235. The van der Waals surface area contributed by atoms with Gasteiger partial charge in [0.2, 0.25) is 5.91 Å². The fourth-order valence-corrected chi connectivity index (χ4v) is 2.75. The van der Waals surface area contributed by atoms with E-state index in [9.17, 15) is 4.79 Å². The molecule has 0 atom stereocenters. The zero-order chi connectivity index (χ0) is 14.8. The lowest BCUT2D eigenvalue weighted by atomic mass is 10.2. The van der Waals surface area contributed by atoms with Gasteiger partial charge in [-0.2, -0.15) is 0 Å². The van der Waals surface area contributed by atoms with E-state index in [0.29, 0.717) is 6.54 Å². The number of fused-ring (bicyclic) bond motifs is 1. The number of carbonyl (C=O) groups is 1. The molecule has 2 aromatic heterocycles. The van der Waals surface area contributed by atoms with Gasteiger partial charge in [0, 0.05) is 41.2 Å². The zero-order valence-corrected chi connectivity index (χ0v) is 12.3. The van der Waals surface area contributed by atoms with Gasteiger partial charge in [-0.05, 0) is 50.2 Å². The van der Waals surface area contributed by atoms with Crippen LogP contribution in [0.5, 0.6) is 0 Å². The van der Waals surface area contributed by atoms with Crippen molar-refractivity contribution in [2.24, 2.45) is 0 Å². The third kappa shape index (κ3) is 2.70. The van der Waals surface area contributed by atoms with Crippen LogP contribution in [0.2, 0.25) is 0 Å². The average molecular weight is 281 g/mol. The minimum Gasteiger partial charge on any atom is -0.345 e. The number of nitrogens with one attached hydrogen (secondary N) is 1. The second-order valence-corrected chi connectivity index (χ2v) is 5.21. The highest BCUT2D eigenvalue weighted by molar-refractivity contribution is 5.94. The molecule has 3 rings (SSSR count). The standard InChI is InChI=1S/C17H19N3O/c1-3-20-13(2)10-14-11-15(6-7-16(14)20)18-17(21)12-19-8-4-5-9-19/h4-11H,3,12H2,1-2H3,(H,18,21). The summed E-state index contributed by atoms with van der Waals surface area (Å²) >= 11 is 0. The van der Waals surface area contributed by atoms with Gasteiger partial charge in [-0.25, -0.2) is 0 Å². The monoisotopic (exact) mass is 281 g/mol. The Labute approximate surface area is 124 Å². The van der Waals surface area contributed by atoms with Crippen LogP contribution in [0.25, 0.3) is 10.9 Å². The van der Waals surface area contributed by atoms with Gasteiger partial charge in [0.25, 0.3) is 0 Å². The van der Waals surface area contributed by atoms with Crippen molar-refractivity contribution in [1.29, 1.82) is 0 Å². The Morgan fingerprint density at radius 2 is 1.95 bits per heavy atom. The number of hydrogen-bond donors (Lipinski definition) is 1. The Kier molecular flexibility index (Phi) is 3.52. The van der Waals surface area contributed by atoms with Crippen molar-refractivity contribution in [2.45, 2.75) is 26.9 Å². The minimum atomic E-state index is -0.0165. The van der Waals surface area contributed by atoms with E-state index in [4.69, 9.17) is 0 Å². The summed E-state index contributed by atoms with van der Waals surface area (Å²) < 4.78 is 4.12. The molecule has 0 bridgehead atoms. The summed E-state index contributed by atoms with van der Waals surface area (Å²) in [5.41, 5.74) is 3.29. The number of anilines is 1. The molecule has 0 aliphatic rings. The maximum atomic E-state index is 12.0. The van der Waals surface area contributed by atoms with Crippen molar-refractivity contribution < 1.29 is 4.79 Å². The van der Waals surface area contributed by atoms with E-state index >= 15 is 0 Å². The van der Waals surface area contributed by atoms with Gasteiger partial charge >= 0.3 is 0 Å². The fourth-order valence-electron chi connectivity index (χ4n) is 2.75. The van der Waals surface area contributed by atoms with Crippen LogP contribution in [0.4, 0.5) is 5.69 Å². The molecule has 4 nitrogen and oxygen atoms in total. The lowest BCUT2D eigenvalue weighted by Gasteiger charge is -2.07. The first-order valence-electron chi connectivity index (χ1n) is 7.18. The van der Waals surface area contributed by atoms with Gasteiger partial charge in [-0.15, -0.1) is 0 Å². The molecule has 0 saturated heterocycles. The van der Waals surface area contributed by atoms with Gasteiger partial charge in [0.15, 0.2) is 0 Å². The molecule has 0 aliphatic heterocycles. The maximum Gasteiger partial charge on any atom is 0.244 e. The minimum absolute atomic E-state index is 0.0165. The number of rotatable bonds is 4. The average Bonchev–Trinajstić information content (AvgIpc) is 3.04. The molecule has 0 fully saturated rings. The number of aromatic nitrogens is 2. The van der Waals surface area contributed by atoms with E-state index < -0.39 is 0 Å². The van der Waals surface area contributed by atoms with Crippen molar-refractivity contribution >= 4 is 22.5 Å². The number of hydrogen-bond acceptors (Lipinski definition) is 1. The first-order chi connectivity index (χ1) is 10.2. The predicted octanol–water partition coefficient (Wildman–Crippen LogP) is 3.41. The van der Waals surface area contributed by atoms with E-state index in [1.165, 1.54) is 11.2 Å². The summed E-state index contributed by atoms with van der Waals surface area (Å²) in [5.74, 6) is -0.0165. The smallest absolute Gasteiger partial charge is 0.244 e. The van der Waals surface area contributed by atoms with Gasteiger partial charge in [-0.3, -0.25) is 4.79 Å². The molecule has 0 unspecified atom stereocenters. The molecule has 21 heavy (non-hydrogen) atoms. The molecule has 0 radical (unpaired) electrons. The molecule has 4 heteroatoms. The summed E-state index contributed by atoms with van der Waals surface area (Å²) in [5, 5.41) is 4.11. The molecular formula is C17H19N3O. The van der Waals surface area contributed by atoms with Gasteiger partial charge < -0.3 is 14.5 Å². The van der Waals surface area contributed by atoms with Gasteiger partial charge in [0.05, 0.1) is 0 Å².